The van der Waals surface area contributed by atoms with E-state index in [2.05, 4.69) is 4.98 Å². The summed E-state index contributed by atoms with van der Waals surface area (Å²) >= 11 is 5.77. The first-order valence-corrected chi connectivity index (χ1v) is 9.58. The van der Waals surface area contributed by atoms with Crippen LogP contribution in [-0.2, 0) is 22.9 Å². The molecule has 3 heterocycles. The molecule has 9 nitrogen and oxygen atoms in total. The Morgan fingerprint density at radius 2 is 2.19 bits per heavy atom. The van der Waals surface area contributed by atoms with E-state index < -0.39 is 56.8 Å². The molecule has 0 bridgehead atoms. The number of nitrogen functional groups attached to an aromatic ring is 1. The first-order chi connectivity index (χ1) is 12.5. The third-order valence-electron chi connectivity index (χ3n) is 3.99. The molecule has 27 heavy (non-hydrogen) atoms. The molecule has 1 aromatic heterocycles. The number of halogens is 4. The lowest BCUT2D eigenvalue weighted by Gasteiger charge is -2.39. The molecule has 0 amide bonds. The van der Waals surface area contributed by atoms with Crippen molar-refractivity contribution in [1.82, 2.24) is 9.55 Å². The predicted molar refractivity (Wildman–Crippen MR) is 86.3 cm³/mol. The summed E-state index contributed by atoms with van der Waals surface area (Å²) in [6.07, 6.45) is -9.25. The summed E-state index contributed by atoms with van der Waals surface area (Å²) in [6.45, 7) is 2.04. The van der Waals surface area contributed by atoms with Gasteiger partial charge in [-0.05, 0) is 13.8 Å². The Hall–Kier alpha value is -1.17. The number of fused-ring (bicyclic) bond motifs is 1. The number of ether oxygens (including phenoxy) is 1. The van der Waals surface area contributed by atoms with E-state index in [0.29, 0.717) is 4.57 Å². The van der Waals surface area contributed by atoms with Crippen molar-refractivity contribution in [1.29, 1.82) is 0 Å². The van der Waals surface area contributed by atoms with Crippen LogP contribution in [0.2, 0.25) is 5.02 Å². The summed E-state index contributed by atoms with van der Waals surface area (Å²) in [5.74, 6) is -0.318. The Balaban J connectivity index is 2.00. The van der Waals surface area contributed by atoms with E-state index in [9.17, 15) is 18.1 Å². The lowest BCUT2D eigenvalue weighted by atomic mass is 9.97. The van der Waals surface area contributed by atoms with Gasteiger partial charge in [0.2, 0.25) is 0 Å². The molecule has 2 aliphatic heterocycles. The van der Waals surface area contributed by atoms with Gasteiger partial charge >= 0.3 is 13.5 Å². The zero-order valence-electron chi connectivity index (χ0n) is 14.1. The Labute approximate surface area is 156 Å². The smallest absolute Gasteiger partial charge is 0.382 e. The van der Waals surface area contributed by atoms with Crippen molar-refractivity contribution in [3.63, 3.8) is 0 Å². The van der Waals surface area contributed by atoms with Gasteiger partial charge < -0.3 is 10.5 Å². The number of nitrogens with two attached hydrogens (primary N) is 1. The normalized spacial score (nSPS) is 36.4. The maximum atomic E-state index is 15.0. The van der Waals surface area contributed by atoms with Gasteiger partial charge in [0.05, 0.1) is 17.7 Å². The second-order valence-electron chi connectivity index (χ2n) is 6.27. The van der Waals surface area contributed by atoms with Crippen molar-refractivity contribution >= 4 is 25.2 Å². The number of nitrogens with zero attached hydrogens (tertiary/aromatic N) is 2. The Morgan fingerprint density at radius 3 is 2.78 bits per heavy atom. The molecule has 2 N–H and O–H groups in total. The SMILES string of the molecule is CC(C)OP1(=O)OC[C@]2(C(F)F)O[C@H](n3cc(Cl)c(N)nc3=O)[C@@H](F)[C@H]2O1. The highest BCUT2D eigenvalue weighted by molar-refractivity contribution is 7.48. The topological polar surface area (TPSA) is 115 Å². The zero-order valence-corrected chi connectivity index (χ0v) is 15.7. The van der Waals surface area contributed by atoms with Gasteiger partial charge in [0, 0.05) is 6.20 Å². The molecule has 0 saturated carbocycles. The van der Waals surface area contributed by atoms with Crippen molar-refractivity contribution in [3.05, 3.63) is 21.7 Å². The molecule has 0 aliphatic carbocycles. The number of hydrogen-bond acceptors (Lipinski definition) is 8. The highest BCUT2D eigenvalue weighted by atomic mass is 35.5. The molecule has 5 atom stereocenters. The van der Waals surface area contributed by atoms with E-state index in [-0.39, 0.29) is 10.8 Å². The van der Waals surface area contributed by atoms with E-state index >= 15 is 4.39 Å². The molecule has 2 saturated heterocycles. The van der Waals surface area contributed by atoms with Gasteiger partial charge in [0.1, 0.15) is 11.9 Å². The molecule has 2 aliphatic rings. The van der Waals surface area contributed by atoms with Gasteiger partial charge in [-0.25, -0.2) is 22.5 Å². The highest BCUT2D eigenvalue weighted by Gasteiger charge is 2.68. The summed E-state index contributed by atoms with van der Waals surface area (Å²) in [5, 5.41) is -0.211. The molecular formula is C13H16ClF3N3O6P. The lowest BCUT2D eigenvalue weighted by Crippen LogP contribution is -2.55. The van der Waals surface area contributed by atoms with Crippen molar-refractivity contribution in [2.45, 2.75) is 50.5 Å². The lowest BCUT2D eigenvalue weighted by molar-refractivity contribution is -0.208. The Morgan fingerprint density at radius 1 is 1.52 bits per heavy atom. The molecule has 0 spiro atoms. The fraction of sp³-hybridized carbons (Fsp3) is 0.692. The second kappa shape index (κ2) is 7.02. The zero-order chi connectivity index (χ0) is 20.1. The summed E-state index contributed by atoms with van der Waals surface area (Å²) in [4.78, 5) is 15.4. The number of rotatable bonds is 4. The van der Waals surface area contributed by atoms with Crippen LogP contribution in [0.15, 0.2) is 11.0 Å². The minimum absolute atomic E-state index is 0.211. The van der Waals surface area contributed by atoms with Crippen molar-refractivity contribution in [3.8, 4) is 0 Å². The first kappa shape index (κ1) is 20.6. The van der Waals surface area contributed by atoms with E-state index in [1.54, 1.807) is 0 Å². The van der Waals surface area contributed by atoms with Crippen LogP contribution in [-0.4, -0.2) is 46.6 Å². The van der Waals surface area contributed by atoms with Crippen LogP contribution < -0.4 is 11.4 Å². The minimum Gasteiger partial charge on any atom is -0.382 e. The summed E-state index contributed by atoms with van der Waals surface area (Å²) < 4.78 is 75.5. The third kappa shape index (κ3) is 3.50. The average Bonchev–Trinajstić information content (AvgIpc) is 2.84. The Bertz CT molecular complexity index is 842. The highest BCUT2D eigenvalue weighted by Crippen LogP contribution is 2.61. The van der Waals surface area contributed by atoms with Gasteiger partial charge in [-0.15, -0.1) is 0 Å². The fourth-order valence-corrected chi connectivity index (χ4v) is 4.56. The number of phosphoric acid groups is 1. The van der Waals surface area contributed by atoms with Crippen molar-refractivity contribution < 1.29 is 36.0 Å². The molecule has 0 radical (unpaired) electrons. The average molecular weight is 434 g/mol. The van der Waals surface area contributed by atoms with Gasteiger partial charge in [0.25, 0.3) is 6.43 Å². The number of alkyl halides is 3. The summed E-state index contributed by atoms with van der Waals surface area (Å²) in [6, 6.07) is 0. The summed E-state index contributed by atoms with van der Waals surface area (Å²) in [5.41, 5.74) is 1.71. The molecule has 0 aromatic carbocycles. The van der Waals surface area contributed by atoms with Crippen LogP contribution in [0, 0.1) is 0 Å². The quantitative estimate of drug-likeness (QED) is 0.719. The molecule has 3 rings (SSSR count). The van der Waals surface area contributed by atoms with E-state index in [1.807, 2.05) is 0 Å². The minimum atomic E-state index is -4.31. The standard InChI is InChI=1S/C13H16ClF3N3O6P/c1-5(2)25-27(22)23-4-13(11(16)17)8(26-27)7(15)10(24-13)20-3-6(14)9(18)19-12(20)21/h3,5,7-8,10-11H,4H2,1-2H3,(H2,18,19,21)/t7-,8+,10-,13-,27?/m0/s1. The van der Waals surface area contributed by atoms with Gasteiger partial charge in [-0.1, -0.05) is 11.6 Å². The van der Waals surface area contributed by atoms with Crippen LogP contribution in [0.3, 0.4) is 0 Å². The molecule has 14 heteroatoms. The first-order valence-electron chi connectivity index (χ1n) is 7.74. The monoisotopic (exact) mass is 433 g/mol. The van der Waals surface area contributed by atoms with Crippen LogP contribution >= 0.6 is 19.4 Å². The van der Waals surface area contributed by atoms with Gasteiger partial charge in [0.15, 0.2) is 18.0 Å². The Kier molecular flexibility index (Phi) is 5.34. The van der Waals surface area contributed by atoms with Crippen LogP contribution in [0.25, 0.3) is 0 Å². The van der Waals surface area contributed by atoms with Gasteiger partial charge in [-0.2, -0.15) is 4.98 Å². The largest absolute Gasteiger partial charge is 0.475 e. The predicted octanol–water partition coefficient (Wildman–Crippen LogP) is 2.30. The van der Waals surface area contributed by atoms with Crippen molar-refractivity contribution in [2.24, 2.45) is 0 Å². The molecule has 1 aromatic rings. The molecule has 152 valence electrons. The van der Waals surface area contributed by atoms with E-state index in [0.717, 1.165) is 6.20 Å². The van der Waals surface area contributed by atoms with Crippen molar-refractivity contribution in [2.75, 3.05) is 12.3 Å². The van der Waals surface area contributed by atoms with Crippen LogP contribution in [0.1, 0.15) is 20.1 Å². The maximum absolute atomic E-state index is 15.0. The molecule has 2 fully saturated rings. The summed E-state index contributed by atoms with van der Waals surface area (Å²) in [7, 11) is -4.31. The number of hydrogen-bond donors (Lipinski definition) is 1. The molecule has 1 unspecified atom stereocenters. The number of phosphoric ester groups is 1. The molecular weight excluding hydrogens is 418 g/mol. The number of anilines is 1. The second-order valence-corrected chi connectivity index (χ2v) is 8.25. The maximum Gasteiger partial charge on any atom is 0.475 e. The van der Waals surface area contributed by atoms with Crippen LogP contribution in [0.5, 0.6) is 0 Å². The number of aromatic nitrogens is 2. The third-order valence-corrected chi connectivity index (χ3v) is 5.89. The van der Waals surface area contributed by atoms with Crippen LogP contribution in [0.4, 0.5) is 19.0 Å². The van der Waals surface area contributed by atoms with Gasteiger partial charge in [-0.3, -0.25) is 18.1 Å². The van der Waals surface area contributed by atoms with E-state index in [4.69, 9.17) is 35.6 Å². The fourth-order valence-electron chi connectivity index (χ4n) is 2.79. The van der Waals surface area contributed by atoms with E-state index in [1.165, 1.54) is 13.8 Å².